The highest BCUT2D eigenvalue weighted by Crippen LogP contribution is 2.18. The summed E-state index contributed by atoms with van der Waals surface area (Å²) >= 11 is 0. The first kappa shape index (κ1) is 17.3. The quantitative estimate of drug-likeness (QED) is 0.659. The Balaban J connectivity index is 1.62. The lowest BCUT2D eigenvalue weighted by Gasteiger charge is -2.36. The van der Waals surface area contributed by atoms with E-state index >= 15 is 0 Å². The molecule has 25 heavy (non-hydrogen) atoms. The number of benzene rings is 1. The van der Waals surface area contributed by atoms with E-state index in [1.165, 1.54) is 16.5 Å². The second-order valence-electron chi connectivity index (χ2n) is 6.34. The van der Waals surface area contributed by atoms with Gasteiger partial charge in [-0.1, -0.05) is 18.2 Å². The van der Waals surface area contributed by atoms with Crippen molar-refractivity contribution in [3.05, 3.63) is 36.0 Å². The normalized spacial score (nSPS) is 15.7. The van der Waals surface area contributed by atoms with E-state index in [1.54, 1.807) is 6.92 Å². The van der Waals surface area contributed by atoms with Gasteiger partial charge in [0.1, 0.15) is 0 Å². The molecule has 1 aliphatic rings. The SMILES string of the molecule is CCNC(=NCCc1c[nH]c2ccccc12)N1CCN(C(C)=O)CC1. The number of fused-ring (bicyclic) bond motifs is 1. The number of nitrogens with zero attached hydrogens (tertiary/aromatic N) is 3. The molecule has 0 atom stereocenters. The van der Waals surface area contributed by atoms with Crippen molar-refractivity contribution < 1.29 is 4.79 Å². The zero-order valence-corrected chi connectivity index (χ0v) is 15.1. The molecule has 0 radical (unpaired) electrons. The van der Waals surface area contributed by atoms with Crippen LogP contribution in [0.1, 0.15) is 19.4 Å². The fourth-order valence-electron chi connectivity index (χ4n) is 3.28. The molecule has 0 bridgehead atoms. The van der Waals surface area contributed by atoms with Crippen LogP contribution in [-0.2, 0) is 11.2 Å². The topological polar surface area (TPSA) is 63.7 Å². The van der Waals surface area contributed by atoms with Crippen molar-refractivity contribution in [1.29, 1.82) is 0 Å². The minimum absolute atomic E-state index is 0.154. The van der Waals surface area contributed by atoms with Gasteiger partial charge < -0.3 is 20.1 Å². The number of piperazine rings is 1. The molecular formula is C19H27N5O. The molecular weight excluding hydrogens is 314 g/mol. The first-order chi connectivity index (χ1) is 12.2. The molecule has 1 amide bonds. The molecule has 0 unspecified atom stereocenters. The Morgan fingerprint density at radius 1 is 1.20 bits per heavy atom. The first-order valence-corrected chi connectivity index (χ1v) is 9.02. The highest BCUT2D eigenvalue weighted by molar-refractivity contribution is 5.83. The van der Waals surface area contributed by atoms with Crippen molar-refractivity contribution >= 4 is 22.8 Å². The smallest absolute Gasteiger partial charge is 0.219 e. The Morgan fingerprint density at radius 2 is 1.92 bits per heavy atom. The lowest BCUT2D eigenvalue weighted by molar-refractivity contribution is -0.130. The van der Waals surface area contributed by atoms with Crippen LogP contribution >= 0.6 is 0 Å². The molecule has 1 saturated heterocycles. The molecule has 0 spiro atoms. The molecule has 134 valence electrons. The average Bonchev–Trinajstić information content (AvgIpc) is 3.04. The molecule has 1 aliphatic heterocycles. The average molecular weight is 341 g/mol. The zero-order valence-electron chi connectivity index (χ0n) is 15.1. The van der Waals surface area contributed by atoms with E-state index in [0.717, 1.165) is 51.6 Å². The van der Waals surface area contributed by atoms with Gasteiger partial charge in [-0.05, 0) is 25.0 Å². The summed E-state index contributed by atoms with van der Waals surface area (Å²) in [4.78, 5) is 23.7. The number of rotatable bonds is 4. The monoisotopic (exact) mass is 341 g/mol. The Kier molecular flexibility index (Phi) is 5.58. The van der Waals surface area contributed by atoms with E-state index in [9.17, 15) is 4.79 Å². The molecule has 1 fully saturated rings. The summed E-state index contributed by atoms with van der Waals surface area (Å²) < 4.78 is 0. The van der Waals surface area contributed by atoms with E-state index in [0.29, 0.717) is 0 Å². The van der Waals surface area contributed by atoms with Crippen molar-refractivity contribution in [2.45, 2.75) is 20.3 Å². The largest absolute Gasteiger partial charge is 0.361 e. The van der Waals surface area contributed by atoms with E-state index in [1.807, 2.05) is 11.0 Å². The number of hydrogen-bond donors (Lipinski definition) is 2. The van der Waals surface area contributed by atoms with Gasteiger partial charge in [0, 0.05) is 63.3 Å². The molecule has 3 rings (SSSR count). The van der Waals surface area contributed by atoms with Crippen LogP contribution in [0.15, 0.2) is 35.5 Å². The van der Waals surface area contributed by atoms with Crippen LogP contribution in [0.25, 0.3) is 10.9 Å². The number of hydrogen-bond acceptors (Lipinski definition) is 2. The van der Waals surface area contributed by atoms with Crippen LogP contribution in [0.4, 0.5) is 0 Å². The fraction of sp³-hybridized carbons (Fsp3) is 0.474. The standard InChI is InChI=1S/C19H27N5O/c1-3-20-19(24-12-10-23(11-13-24)15(2)25)21-9-8-16-14-22-18-7-5-4-6-17(16)18/h4-7,14,22H,3,8-13H2,1-2H3,(H,20,21). The van der Waals surface area contributed by atoms with Crippen molar-refractivity contribution in [3.63, 3.8) is 0 Å². The molecule has 2 N–H and O–H groups in total. The molecule has 6 heteroatoms. The number of aromatic nitrogens is 1. The maximum absolute atomic E-state index is 11.5. The Labute approximate surface area is 148 Å². The molecule has 1 aromatic heterocycles. The van der Waals surface area contributed by atoms with Crippen LogP contribution in [-0.4, -0.2) is 65.9 Å². The van der Waals surface area contributed by atoms with Gasteiger partial charge in [-0.15, -0.1) is 0 Å². The fourth-order valence-corrected chi connectivity index (χ4v) is 3.28. The summed E-state index contributed by atoms with van der Waals surface area (Å²) in [5.41, 5.74) is 2.48. The number of carbonyl (C=O) groups is 1. The number of H-pyrrole nitrogens is 1. The lowest BCUT2D eigenvalue weighted by Crippen LogP contribution is -2.53. The number of para-hydroxylation sites is 1. The highest BCUT2D eigenvalue weighted by Gasteiger charge is 2.20. The predicted molar refractivity (Wildman–Crippen MR) is 102 cm³/mol. The Bertz CT molecular complexity index is 743. The van der Waals surface area contributed by atoms with Crippen molar-refractivity contribution in [2.24, 2.45) is 4.99 Å². The minimum Gasteiger partial charge on any atom is -0.361 e. The van der Waals surface area contributed by atoms with Gasteiger partial charge in [0.15, 0.2) is 5.96 Å². The van der Waals surface area contributed by atoms with Gasteiger partial charge in [-0.3, -0.25) is 9.79 Å². The van der Waals surface area contributed by atoms with Crippen molar-refractivity contribution in [2.75, 3.05) is 39.3 Å². The predicted octanol–water partition coefficient (Wildman–Crippen LogP) is 1.84. The van der Waals surface area contributed by atoms with Gasteiger partial charge in [0.25, 0.3) is 0 Å². The van der Waals surface area contributed by atoms with Crippen molar-refractivity contribution in [1.82, 2.24) is 20.1 Å². The van der Waals surface area contributed by atoms with E-state index < -0.39 is 0 Å². The number of guanidine groups is 1. The maximum atomic E-state index is 11.5. The summed E-state index contributed by atoms with van der Waals surface area (Å²) in [5.74, 6) is 1.10. The number of aromatic amines is 1. The Morgan fingerprint density at radius 3 is 2.64 bits per heavy atom. The number of nitrogens with one attached hydrogen (secondary N) is 2. The van der Waals surface area contributed by atoms with Gasteiger partial charge in [0.2, 0.25) is 5.91 Å². The Hall–Kier alpha value is -2.50. The third-order valence-electron chi connectivity index (χ3n) is 4.68. The summed E-state index contributed by atoms with van der Waals surface area (Å²) in [6.07, 6.45) is 2.99. The molecule has 2 aromatic rings. The van der Waals surface area contributed by atoms with Crippen LogP contribution in [0.3, 0.4) is 0 Å². The van der Waals surface area contributed by atoms with Gasteiger partial charge >= 0.3 is 0 Å². The molecule has 1 aromatic carbocycles. The number of aliphatic imine (C=N–C) groups is 1. The first-order valence-electron chi connectivity index (χ1n) is 9.02. The zero-order chi connectivity index (χ0) is 17.6. The third-order valence-corrected chi connectivity index (χ3v) is 4.68. The summed E-state index contributed by atoms with van der Waals surface area (Å²) in [6, 6.07) is 8.37. The minimum atomic E-state index is 0.154. The van der Waals surface area contributed by atoms with Gasteiger partial charge in [-0.25, -0.2) is 0 Å². The van der Waals surface area contributed by atoms with Gasteiger partial charge in [0.05, 0.1) is 0 Å². The maximum Gasteiger partial charge on any atom is 0.219 e. The van der Waals surface area contributed by atoms with Crippen molar-refractivity contribution in [3.8, 4) is 0 Å². The van der Waals surface area contributed by atoms with Crippen LogP contribution < -0.4 is 5.32 Å². The second-order valence-corrected chi connectivity index (χ2v) is 6.34. The number of amides is 1. The molecule has 0 aliphatic carbocycles. The van der Waals surface area contributed by atoms with E-state index in [2.05, 4.69) is 46.5 Å². The third kappa shape index (κ3) is 4.13. The summed E-state index contributed by atoms with van der Waals surface area (Å²) in [5, 5.41) is 4.65. The molecule has 2 heterocycles. The summed E-state index contributed by atoms with van der Waals surface area (Å²) in [7, 11) is 0. The lowest BCUT2D eigenvalue weighted by atomic mass is 10.1. The molecule has 0 saturated carbocycles. The summed E-state index contributed by atoms with van der Waals surface area (Å²) in [6.45, 7) is 8.51. The van der Waals surface area contributed by atoms with Crippen LogP contribution in [0.5, 0.6) is 0 Å². The number of carbonyl (C=O) groups excluding carboxylic acids is 1. The van der Waals surface area contributed by atoms with Crippen LogP contribution in [0.2, 0.25) is 0 Å². The second kappa shape index (κ2) is 8.05. The van der Waals surface area contributed by atoms with Gasteiger partial charge in [-0.2, -0.15) is 0 Å². The highest BCUT2D eigenvalue weighted by atomic mass is 16.2. The molecule has 6 nitrogen and oxygen atoms in total. The van der Waals surface area contributed by atoms with Crippen LogP contribution in [0, 0.1) is 0 Å². The van der Waals surface area contributed by atoms with E-state index in [-0.39, 0.29) is 5.91 Å². The van der Waals surface area contributed by atoms with E-state index in [4.69, 9.17) is 4.99 Å².